The number of ether oxygens (including phenoxy) is 1. The predicted octanol–water partition coefficient (Wildman–Crippen LogP) is 4.20. The van der Waals surface area contributed by atoms with Gasteiger partial charge >= 0.3 is 0 Å². The summed E-state index contributed by atoms with van der Waals surface area (Å²) in [6, 6.07) is 19.8. The molecule has 0 radical (unpaired) electrons. The van der Waals surface area contributed by atoms with Crippen LogP contribution in [0.2, 0.25) is 0 Å². The zero-order chi connectivity index (χ0) is 15.4. The molecule has 1 heterocycles. The third-order valence-electron chi connectivity index (χ3n) is 3.37. The quantitative estimate of drug-likeness (QED) is 0.782. The normalized spacial score (nSPS) is 10.3. The minimum absolute atomic E-state index is 0.723. The molecule has 0 aliphatic heterocycles. The summed E-state index contributed by atoms with van der Waals surface area (Å²) in [5, 5.41) is 11.7. The molecule has 0 saturated carbocycles. The molecule has 0 saturated heterocycles. The summed E-state index contributed by atoms with van der Waals surface area (Å²) in [5.41, 5.74) is 4.07. The minimum atomic E-state index is 0.723. The standard InChI is InChI=1S/C18H17N3O/c1-13-3-7-15(8-4-13)19-18-12-11-17(20-21-18)14-5-9-16(22-2)10-6-14/h3-12H,1-2H3,(H,19,21). The number of anilines is 2. The highest BCUT2D eigenvalue weighted by molar-refractivity contribution is 5.62. The van der Waals surface area contributed by atoms with Gasteiger partial charge in [0.2, 0.25) is 0 Å². The van der Waals surface area contributed by atoms with Crippen LogP contribution in [0, 0.1) is 6.92 Å². The lowest BCUT2D eigenvalue weighted by molar-refractivity contribution is 0.415. The Morgan fingerprint density at radius 3 is 2.14 bits per heavy atom. The number of rotatable bonds is 4. The first-order valence-corrected chi connectivity index (χ1v) is 7.06. The van der Waals surface area contributed by atoms with Crippen LogP contribution < -0.4 is 10.1 Å². The van der Waals surface area contributed by atoms with E-state index in [-0.39, 0.29) is 0 Å². The van der Waals surface area contributed by atoms with E-state index in [2.05, 4.69) is 34.6 Å². The molecule has 22 heavy (non-hydrogen) atoms. The number of hydrogen-bond donors (Lipinski definition) is 1. The van der Waals surface area contributed by atoms with Crippen molar-refractivity contribution in [2.24, 2.45) is 0 Å². The Morgan fingerprint density at radius 1 is 0.818 bits per heavy atom. The van der Waals surface area contributed by atoms with Gasteiger partial charge in [-0.15, -0.1) is 10.2 Å². The van der Waals surface area contributed by atoms with Crippen LogP contribution in [0.15, 0.2) is 60.7 Å². The van der Waals surface area contributed by atoms with Crippen molar-refractivity contribution in [3.05, 3.63) is 66.2 Å². The Bertz CT molecular complexity index is 735. The van der Waals surface area contributed by atoms with Crippen LogP contribution in [-0.4, -0.2) is 17.3 Å². The van der Waals surface area contributed by atoms with Gasteiger partial charge in [0.05, 0.1) is 12.8 Å². The highest BCUT2D eigenvalue weighted by Crippen LogP contribution is 2.21. The summed E-state index contributed by atoms with van der Waals surface area (Å²) in [6.07, 6.45) is 0. The van der Waals surface area contributed by atoms with Gasteiger partial charge in [0.1, 0.15) is 5.75 Å². The Kier molecular flexibility index (Phi) is 4.01. The number of methoxy groups -OCH3 is 1. The first kappa shape index (κ1) is 14.1. The molecular weight excluding hydrogens is 274 g/mol. The summed E-state index contributed by atoms with van der Waals surface area (Å²) in [6.45, 7) is 2.06. The number of nitrogens with zero attached hydrogens (tertiary/aromatic N) is 2. The van der Waals surface area contributed by atoms with Crippen LogP contribution in [0.25, 0.3) is 11.3 Å². The topological polar surface area (TPSA) is 47.0 Å². The molecule has 3 aromatic rings. The highest BCUT2D eigenvalue weighted by Gasteiger charge is 2.02. The lowest BCUT2D eigenvalue weighted by Crippen LogP contribution is -1.96. The van der Waals surface area contributed by atoms with Crippen molar-refractivity contribution < 1.29 is 4.74 Å². The van der Waals surface area contributed by atoms with Gasteiger partial charge in [-0.2, -0.15) is 0 Å². The van der Waals surface area contributed by atoms with E-state index < -0.39 is 0 Å². The number of aromatic nitrogens is 2. The Labute approximate surface area is 129 Å². The Balaban J connectivity index is 1.75. The van der Waals surface area contributed by atoms with E-state index >= 15 is 0 Å². The van der Waals surface area contributed by atoms with Crippen LogP contribution >= 0.6 is 0 Å². The zero-order valence-electron chi connectivity index (χ0n) is 12.6. The maximum atomic E-state index is 5.15. The van der Waals surface area contributed by atoms with Crippen molar-refractivity contribution in [3.8, 4) is 17.0 Å². The second kappa shape index (κ2) is 6.26. The van der Waals surface area contributed by atoms with Gasteiger partial charge in [-0.05, 0) is 55.5 Å². The van der Waals surface area contributed by atoms with E-state index in [1.165, 1.54) is 5.56 Å². The summed E-state index contributed by atoms with van der Waals surface area (Å²) in [7, 11) is 1.65. The van der Waals surface area contributed by atoms with Gasteiger partial charge in [-0.3, -0.25) is 0 Å². The van der Waals surface area contributed by atoms with E-state index in [0.717, 1.165) is 28.5 Å². The van der Waals surface area contributed by atoms with E-state index in [4.69, 9.17) is 4.74 Å². The molecule has 4 nitrogen and oxygen atoms in total. The number of nitrogens with one attached hydrogen (secondary N) is 1. The highest BCUT2D eigenvalue weighted by atomic mass is 16.5. The third kappa shape index (κ3) is 3.23. The van der Waals surface area contributed by atoms with Gasteiger partial charge in [-0.1, -0.05) is 17.7 Å². The van der Waals surface area contributed by atoms with Gasteiger partial charge in [0.25, 0.3) is 0 Å². The second-order valence-electron chi connectivity index (χ2n) is 5.02. The lowest BCUT2D eigenvalue weighted by atomic mass is 10.1. The van der Waals surface area contributed by atoms with E-state index in [9.17, 15) is 0 Å². The van der Waals surface area contributed by atoms with Crippen molar-refractivity contribution in [1.82, 2.24) is 10.2 Å². The number of hydrogen-bond acceptors (Lipinski definition) is 4. The largest absolute Gasteiger partial charge is 0.497 e. The molecule has 110 valence electrons. The summed E-state index contributed by atoms with van der Waals surface area (Å²) < 4.78 is 5.15. The van der Waals surface area contributed by atoms with Crippen molar-refractivity contribution in [2.45, 2.75) is 6.92 Å². The molecule has 3 rings (SSSR count). The van der Waals surface area contributed by atoms with Crippen LogP contribution in [0.5, 0.6) is 5.75 Å². The lowest BCUT2D eigenvalue weighted by Gasteiger charge is -2.06. The molecule has 0 amide bonds. The molecule has 2 aromatic carbocycles. The van der Waals surface area contributed by atoms with Crippen molar-refractivity contribution in [3.63, 3.8) is 0 Å². The van der Waals surface area contributed by atoms with Crippen molar-refractivity contribution in [2.75, 3.05) is 12.4 Å². The molecule has 0 aliphatic rings. The first-order valence-electron chi connectivity index (χ1n) is 7.06. The zero-order valence-corrected chi connectivity index (χ0v) is 12.6. The fourth-order valence-corrected chi connectivity index (χ4v) is 2.10. The van der Waals surface area contributed by atoms with Gasteiger partial charge in [-0.25, -0.2) is 0 Å². The molecule has 1 N–H and O–H groups in total. The fourth-order valence-electron chi connectivity index (χ4n) is 2.10. The van der Waals surface area contributed by atoms with Gasteiger partial charge < -0.3 is 10.1 Å². The van der Waals surface area contributed by atoms with E-state index in [0.29, 0.717) is 0 Å². The smallest absolute Gasteiger partial charge is 0.153 e. The van der Waals surface area contributed by atoms with Crippen molar-refractivity contribution >= 4 is 11.5 Å². The molecule has 0 aliphatic carbocycles. The second-order valence-corrected chi connectivity index (χ2v) is 5.02. The van der Waals surface area contributed by atoms with Crippen LogP contribution in [0.1, 0.15) is 5.56 Å². The monoisotopic (exact) mass is 291 g/mol. The van der Waals surface area contributed by atoms with Crippen LogP contribution in [0.3, 0.4) is 0 Å². The minimum Gasteiger partial charge on any atom is -0.497 e. The maximum Gasteiger partial charge on any atom is 0.153 e. The maximum absolute atomic E-state index is 5.15. The average Bonchev–Trinajstić information content (AvgIpc) is 2.58. The SMILES string of the molecule is COc1ccc(-c2ccc(Nc3ccc(C)cc3)nn2)cc1. The molecule has 0 bridgehead atoms. The summed E-state index contributed by atoms with van der Waals surface area (Å²) >= 11 is 0. The van der Waals surface area contributed by atoms with Crippen LogP contribution in [-0.2, 0) is 0 Å². The van der Waals surface area contributed by atoms with E-state index in [1.807, 2.05) is 48.5 Å². The average molecular weight is 291 g/mol. The third-order valence-corrected chi connectivity index (χ3v) is 3.37. The molecule has 0 spiro atoms. The summed E-state index contributed by atoms with van der Waals surface area (Å²) in [5.74, 6) is 1.55. The van der Waals surface area contributed by atoms with Gasteiger partial charge in [0, 0.05) is 11.3 Å². The van der Waals surface area contributed by atoms with E-state index in [1.54, 1.807) is 7.11 Å². The van der Waals surface area contributed by atoms with Gasteiger partial charge in [0.15, 0.2) is 5.82 Å². The molecule has 0 unspecified atom stereocenters. The summed E-state index contributed by atoms with van der Waals surface area (Å²) in [4.78, 5) is 0. The Hall–Kier alpha value is -2.88. The molecule has 1 aromatic heterocycles. The van der Waals surface area contributed by atoms with Crippen LogP contribution in [0.4, 0.5) is 11.5 Å². The number of aryl methyl sites for hydroxylation is 1. The molecular formula is C18H17N3O. The van der Waals surface area contributed by atoms with Crippen molar-refractivity contribution in [1.29, 1.82) is 0 Å². The predicted molar refractivity (Wildman–Crippen MR) is 88.5 cm³/mol. The Morgan fingerprint density at radius 2 is 1.55 bits per heavy atom. The first-order chi connectivity index (χ1) is 10.7. The number of benzene rings is 2. The fraction of sp³-hybridized carbons (Fsp3) is 0.111. The molecule has 4 heteroatoms. The molecule has 0 atom stereocenters. The molecule has 0 fully saturated rings.